The Bertz CT molecular complexity index is 1220. The van der Waals surface area contributed by atoms with Crippen molar-refractivity contribution in [3.63, 3.8) is 0 Å². The number of aliphatic hydroxyl groups excluding tert-OH is 1. The number of nitrogen functional groups attached to an aromatic ring is 1. The van der Waals surface area contributed by atoms with E-state index in [9.17, 15) is 5.11 Å². The van der Waals surface area contributed by atoms with E-state index < -0.39 is 0 Å². The van der Waals surface area contributed by atoms with E-state index in [0.717, 1.165) is 35.9 Å². The van der Waals surface area contributed by atoms with Gasteiger partial charge in [0.05, 0.1) is 18.0 Å². The molecule has 7 heteroatoms. The van der Waals surface area contributed by atoms with E-state index in [1.807, 2.05) is 16.8 Å². The summed E-state index contributed by atoms with van der Waals surface area (Å²) < 4.78 is 1.99. The number of hydrogen-bond acceptors (Lipinski definition) is 5. The molecule has 1 aliphatic rings. The Labute approximate surface area is 173 Å². The number of benzene rings is 2. The minimum Gasteiger partial charge on any atom is -0.392 e. The minimum absolute atomic E-state index is 0.142. The fourth-order valence-corrected chi connectivity index (χ4v) is 4.36. The third-order valence-electron chi connectivity index (χ3n) is 5.67. The van der Waals surface area contributed by atoms with Crippen LogP contribution >= 0.6 is 11.6 Å². The molecular weight excluding hydrogens is 386 g/mol. The summed E-state index contributed by atoms with van der Waals surface area (Å²) >= 11 is 6.17. The topological polar surface area (TPSA) is 89.8 Å². The second kappa shape index (κ2) is 7.13. The molecule has 0 saturated carbocycles. The van der Waals surface area contributed by atoms with Crippen molar-refractivity contribution in [1.29, 1.82) is 0 Å². The zero-order valence-electron chi connectivity index (χ0n) is 15.7. The van der Waals surface area contributed by atoms with Crippen LogP contribution in [0.2, 0.25) is 5.02 Å². The predicted octanol–water partition coefficient (Wildman–Crippen LogP) is 3.95. The Morgan fingerprint density at radius 2 is 1.97 bits per heavy atom. The molecular formula is C22H20ClN5O. The van der Waals surface area contributed by atoms with Crippen molar-refractivity contribution in [3.8, 4) is 11.3 Å². The van der Waals surface area contributed by atoms with Crippen LogP contribution in [0.4, 0.5) is 5.82 Å². The lowest BCUT2D eigenvalue weighted by Crippen LogP contribution is -2.20. The van der Waals surface area contributed by atoms with E-state index in [-0.39, 0.29) is 12.6 Å². The second-order valence-electron chi connectivity index (χ2n) is 7.38. The summed E-state index contributed by atoms with van der Waals surface area (Å²) in [7, 11) is 0. The molecule has 1 aliphatic carbocycles. The molecule has 0 fully saturated rings. The molecule has 0 spiro atoms. The van der Waals surface area contributed by atoms with Crippen molar-refractivity contribution < 1.29 is 5.11 Å². The van der Waals surface area contributed by atoms with Crippen LogP contribution < -0.4 is 5.73 Å². The smallest absolute Gasteiger partial charge is 0.164 e. The minimum atomic E-state index is -0.142. The van der Waals surface area contributed by atoms with E-state index >= 15 is 0 Å². The first-order valence-electron chi connectivity index (χ1n) is 9.61. The third kappa shape index (κ3) is 3.05. The van der Waals surface area contributed by atoms with Crippen molar-refractivity contribution in [2.45, 2.75) is 31.9 Å². The molecule has 0 amide bonds. The molecule has 5 rings (SSSR count). The lowest BCUT2D eigenvalue weighted by Gasteiger charge is -2.25. The van der Waals surface area contributed by atoms with E-state index in [1.165, 1.54) is 17.5 Å². The monoisotopic (exact) mass is 405 g/mol. The van der Waals surface area contributed by atoms with Gasteiger partial charge in [0.25, 0.3) is 0 Å². The maximum absolute atomic E-state index is 9.60. The number of aryl methyl sites for hydroxylation is 1. The average Bonchev–Trinajstić information content (AvgIpc) is 3.15. The van der Waals surface area contributed by atoms with Crippen LogP contribution in [0.1, 0.15) is 29.2 Å². The van der Waals surface area contributed by atoms with Crippen LogP contribution in [0.5, 0.6) is 0 Å². The number of halogens is 1. The van der Waals surface area contributed by atoms with Crippen LogP contribution in [0.15, 0.2) is 48.8 Å². The summed E-state index contributed by atoms with van der Waals surface area (Å²) in [6.07, 6.45) is 4.38. The number of nitrogens with two attached hydrogens (primary N) is 1. The van der Waals surface area contributed by atoms with Crippen molar-refractivity contribution in [2.75, 3.05) is 5.73 Å². The Morgan fingerprint density at radius 1 is 1.14 bits per heavy atom. The summed E-state index contributed by atoms with van der Waals surface area (Å²) in [6.45, 7) is -0.142. The van der Waals surface area contributed by atoms with Gasteiger partial charge in [0.15, 0.2) is 5.65 Å². The van der Waals surface area contributed by atoms with Crippen molar-refractivity contribution in [3.05, 3.63) is 70.5 Å². The lowest BCUT2D eigenvalue weighted by atomic mass is 9.88. The fourth-order valence-electron chi connectivity index (χ4n) is 4.18. The number of hydrogen-bond donors (Lipinski definition) is 2. The Kier molecular flexibility index (Phi) is 4.45. The number of fused-ring (bicyclic) bond motifs is 2. The first kappa shape index (κ1) is 18.1. The van der Waals surface area contributed by atoms with Gasteiger partial charge in [0.2, 0.25) is 0 Å². The number of aliphatic hydroxyl groups is 1. The van der Waals surface area contributed by atoms with Gasteiger partial charge in [-0.15, -0.1) is 0 Å². The summed E-state index contributed by atoms with van der Waals surface area (Å²) in [5.74, 6) is 0.396. The molecule has 0 saturated heterocycles. The average molecular weight is 406 g/mol. The van der Waals surface area contributed by atoms with Gasteiger partial charge in [-0.05, 0) is 48.1 Å². The number of anilines is 1. The first-order chi connectivity index (χ1) is 14.2. The van der Waals surface area contributed by atoms with Gasteiger partial charge in [0.1, 0.15) is 17.8 Å². The first-order valence-corrected chi connectivity index (χ1v) is 9.98. The van der Waals surface area contributed by atoms with E-state index in [1.54, 1.807) is 6.07 Å². The standard InChI is InChI=1S/C22H20ClN5O/c23-18-8-6-15(9-16(18)11-29)20-19-21(24)25-12-26-22(19)28(27-20)17-7-5-13-3-1-2-4-14(13)10-17/h1-4,6,8-9,12,17,29H,5,7,10-11H2,(H2,24,25,26). The van der Waals surface area contributed by atoms with Crippen molar-refractivity contribution >= 4 is 28.5 Å². The summed E-state index contributed by atoms with van der Waals surface area (Å²) in [4.78, 5) is 8.70. The van der Waals surface area contributed by atoms with Gasteiger partial charge in [0, 0.05) is 10.6 Å². The van der Waals surface area contributed by atoms with Crippen molar-refractivity contribution in [1.82, 2.24) is 19.7 Å². The predicted molar refractivity (Wildman–Crippen MR) is 114 cm³/mol. The fraction of sp³-hybridized carbons (Fsp3) is 0.227. The van der Waals surface area contributed by atoms with Gasteiger partial charge in [-0.1, -0.05) is 41.9 Å². The Morgan fingerprint density at radius 3 is 2.79 bits per heavy atom. The van der Waals surface area contributed by atoms with Gasteiger partial charge >= 0.3 is 0 Å². The third-order valence-corrected chi connectivity index (χ3v) is 6.04. The van der Waals surface area contributed by atoms with Crippen LogP contribution in [0, 0.1) is 0 Å². The second-order valence-corrected chi connectivity index (χ2v) is 7.79. The molecule has 2 aromatic heterocycles. The summed E-state index contributed by atoms with van der Waals surface area (Å²) in [5, 5.41) is 15.8. The van der Waals surface area contributed by atoms with Gasteiger partial charge in [-0.25, -0.2) is 14.6 Å². The molecule has 1 atom stereocenters. The van der Waals surface area contributed by atoms with E-state index in [4.69, 9.17) is 22.4 Å². The van der Waals surface area contributed by atoms with Gasteiger partial charge < -0.3 is 10.8 Å². The molecule has 0 bridgehead atoms. The summed E-state index contributed by atoms with van der Waals surface area (Å²) in [5.41, 5.74) is 11.9. The van der Waals surface area contributed by atoms with Crippen LogP contribution in [-0.2, 0) is 19.4 Å². The van der Waals surface area contributed by atoms with Crippen LogP contribution in [0.25, 0.3) is 22.3 Å². The largest absolute Gasteiger partial charge is 0.392 e. The molecule has 1 unspecified atom stereocenters. The maximum atomic E-state index is 9.60. The molecule has 0 aliphatic heterocycles. The highest BCUT2D eigenvalue weighted by Gasteiger charge is 2.25. The maximum Gasteiger partial charge on any atom is 0.164 e. The van der Waals surface area contributed by atoms with Gasteiger partial charge in [-0.2, -0.15) is 5.10 Å². The zero-order valence-corrected chi connectivity index (χ0v) is 16.5. The highest BCUT2D eigenvalue weighted by molar-refractivity contribution is 6.31. The van der Waals surface area contributed by atoms with Crippen molar-refractivity contribution in [2.24, 2.45) is 0 Å². The van der Waals surface area contributed by atoms with Gasteiger partial charge in [-0.3, -0.25) is 0 Å². The normalized spacial score (nSPS) is 16.1. The molecule has 3 N–H and O–H groups in total. The highest BCUT2D eigenvalue weighted by Crippen LogP contribution is 2.36. The summed E-state index contributed by atoms with van der Waals surface area (Å²) in [6, 6.07) is 14.2. The van der Waals surface area contributed by atoms with E-state index in [0.29, 0.717) is 22.1 Å². The molecule has 4 aromatic rings. The van der Waals surface area contributed by atoms with E-state index in [2.05, 4.69) is 34.2 Å². The SMILES string of the molecule is Nc1ncnc2c1c(-c1ccc(Cl)c(CO)c1)nn2C1CCc2ccccc2C1. The number of nitrogens with zero attached hydrogens (tertiary/aromatic N) is 4. The molecule has 0 radical (unpaired) electrons. The lowest BCUT2D eigenvalue weighted by molar-refractivity contribution is 0.282. The molecule has 146 valence electrons. The highest BCUT2D eigenvalue weighted by atomic mass is 35.5. The molecule has 6 nitrogen and oxygen atoms in total. The van der Waals surface area contributed by atoms with Crippen LogP contribution in [-0.4, -0.2) is 24.9 Å². The Balaban J connectivity index is 1.66. The Hall–Kier alpha value is -2.96. The molecule has 29 heavy (non-hydrogen) atoms. The van der Waals surface area contributed by atoms with Crippen LogP contribution in [0.3, 0.4) is 0 Å². The molecule has 2 aromatic carbocycles. The quantitative estimate of drug-likeness (QED) is 0.538. The number of aromatic nitrogens is 4. The molecule has 2 heterocycles. The zero-order chi connectivity index (χ0) is 20.0. The number of rotatable bonds is 3.